The van der Waals surface area contributed by atoms with Gasteiger partial charge in [0.2, 0.25) is 0 Å². The van der Waals surface area contributed by atoms with Crippen molar-refractivity contribution in [2.24, 2.45) is 5.73 Å². The molecule has 0 saturated carbocycles. The first-order valence-electron chi connectivity index (χ1n) is 3.62. The number of benzene rings is 1. The molecular weight excluding hydrogens is 158 g/mol. The lowest BCUT2D eigenvalue weighted by molar-refractivity contribution is 0.817. The van der Waals surface area contributed by atoms with Gasteiger partial charge in [0.15, 0.2) is 0 Å². The second-order valence-corrected chi connectivity index (χ2v) is 3.29. The highest BCUT2D eigenvalue weighted by atomic mass is 35.5. The molecule has 0 aliphatic rings. The Hall–Kier alpha value is -0.530. The van der Waals surface area contributed by atoms with Crippen LogP contribution in [0, 0.1) is 6.92 Å². The molecule has 1 aromatic rings. The molecule has 0 aromatic heterocycles. The van der Waals surface area contributed by atoms with E-state index in [0.717, 1.165) is 16.1 Å². The van der Waals surface area contributed by atoms with E-state index < -0.39 is 0 Å². The number of hydrogen-bond acceptors (Lipinski definition) is 1. The van der Waals surface area contributed by atoms with Crippen molar-refractivity contribution in [1.82, 2.24) is 0 Å². The average Bonchev–Trinajstić information content (AvgIpc) is 1.85. The number of aryl methyl sites for hydroxylation is 1. The van der Waals surface area contributed by atoms with Gasteiger partial charge in [-0.15, -0.1) is 0 Å². The summed E-state index contributed by atoms with van der Waals surface area (Å²) in [6.45, 7) is 3.96. The number of rotatable bonds is 1. The third-order valence-electron chi connectivity index (χ3n) is 1.59. The zero-order chi connectivity index (χ0) is 8.43. The Kier molecular flexibility index (Phi) is 2.53. The number of nitrogens with two attached hydrogens (primary N) is 1. The van der Waals surface area contributed by atoms with Gasteiger partial charge in [-0.2, -0.15) is 0 Å². The van der Waals surface area contributed by atoms with Crippen molar-refractivity contribution in [2.45, 2.75) is 19.9 Å². The van der Waals surface area contributed by atoms with Crippen LogP contribution in [0.4, 0.5) is 0 Å². The third-order valence-corrected chi connectivity index (χ3v) is 1.81. The van der Waals surface area contributed by atoms with E-state index in [1.54, 1.807) is 0 Å². The summed E-state index contributed by atoms with van der Waals surface area (Å²) in [6, 6.07) is 5.94. The molecule has 0 amide bonds. The highest BCUT2D eigenvalue weighted by molar-refractivity contribution is 6.30. The summed E-state index contributed by atoms with van der Waals surface area (Å²) < 4.78 is 0. The topological polar surface area (TPSA) is 26.0 Å². The van der Waals surface area contributed by atoms with Crippen LogP contribution in [0.1, 0.15) is 24.1 Å². The van der Waals surface area contributed by atoms with Gasteiger partial charge in [-0.25, -0.2) is 0 Å². The van der Waals surface area contributed by atoms with Crippen LogP contribution < -0.4 is 5.73 Å². The van der Waals surface area contributed by atoms with Gasteiger partial charge in [-0.3, -0.25) is 0 Å². The summed E-state index contributed by atoms with van der Waals surface area (Å²) >= 11 is 5.84. The maximum atomic E-state index is 5.84. The second kappa shape index (κ2) is 3.24. The summed E-state index contributed by atoms with van der Waals surface area (Å²) in [5.74, 6) is 0. The second-order valence-electron chi connectivity index (χ2n) is 2.85. The van der Waals surface area contributed by atoms with E-state index in [1.807, 2.05) is 26.0 Å². The molecule has 0 aliphatic carbocycles. The normalized spacial score (nSPS) is 13.1. The van der Waals surface area contributed by atoms with Crippen molar-refractivity contribution in [2.75, 3.05) is 0 Å². The first-order valence-corrected chi connectivity index (χ1v) is 4.00. The van der Waals surface area contributed by atoms with Crippen LogP contribution in [0.15, 0.2) is 18.2 Å². The van der Waals surface area contributed by atoms with Gasteiger partial charge in [0, 0.05) is 11.1 Å². The maximum absolute atomic E-state index is 5.84. The Labute approximate surface area is 72.2 Å². The molecule has 2 N–H and O–H groups in total. The Bertz CT molecular complexity index is 235. The minimum atomic E-state index is 0.0624. The smallest absolute Gasteiger partial charge is 0.0411 e. The van der Waals surface area contributed by atoms with Crippen LogP contribution >= 0.6 is 11.6 Å². The molecule has 0 radical (unpaired) electrons. The van der Waals surface area contributed by atoms with E-state index in [9.17, 15) is 0 Å². The third kappa shape index (κ3) is 2.21. The van der Waals surface area contributed by atoms with Crippen LogP contribution in [-0.2, 0) is 0 Å². The minimum absolute atomic E-state index is 0.0624. The fourth-order valence-corrected chi connectivity index (χ4v) is 1.33. The predicted molar refractivity (Wildman–Crippen MR) is 48.8 cm³/mol. The van der Waals surface area contributed by atoms with Crippen molar-refractivity contribution in [1.29, 1.82) is 0 Å². The quantitative estimate of drug-likeness (QED) is 0.688. The van der Waals surface area contributed by atoms with E-state index in [-0.39, 0.29) is 6.04 Å². The molecule has 0 unspecified atom stereocenters. The number of hydrogen-bond donors (Lipinski definition) is 1. The molecule has 60 valence electrons. The standard InChI is InChI=1S/C9H12ClN/c1-6-3-8(7(2)11)5-9(10)4-6/h3-5,7H,11H2,1-2H3/t7-/m0/s1. The van der Waals surface area contributed by atoms with Crippen LogP contribution in [0.5, 0.6) is 0 Å². The van der Waals surface area contributed by atoms with E-state index in [0.29, 0.717) is 0 Å². The van der Waals surface area contributed by atoms with Crippen molar-refractivity contribution < 1.29 is 0 Å². The maximum Gasteiger partial charge on any atom is 0.0411 e. The van der Waals surface area contributed by atoms with Gasteiger partial charge in [-0.1, -0.05) is 17.7 Å². The lowest BCUT2D eigenvalue weighted by atomic mass is 10.1. The van der Waals surface area contributed by atoms with Crippen LogP contribution in [0.2, 0.25) is 5.02 Å². The molecule has 2 heteroatoms. The number of halogens is 1. The summed E-state index contributed by atoms with van der Waals surface area (Å²) in [5, 5.41) is 0.761. The Morgan fingerprint density at radius 2 is 2.00 bits per heavy atom. The molecule has 11 heavy (non-hydrogen) atoms. The van der Waals surface area contributed by atoms with Crippen LogP contribution in [0.25, 0.3) is 0 Å². The fourth-order valence-electron chi connectivity index (χ4n) is 1.03. The first kappa shape index (κ1) is 8.57. The summed E-state index contributed by atoms with van der Waals surface area (Å²) in [5.41, 5.74) is 7.94. The largest absolute Gasteiger partial charge is 0.324 e. The summed E-state index contributed by atoms with van der Waals surface area (Å²) in [7, 11) is 0. The van der Waals surface area contributed by atoms with E-state index in [1.165, 1.54) is 0 Å². The van der Waals surface area contributed by atoms with E-state index >= 15 is 0 Å². The predicted octanol–water partition coefficient (Wildman–Crippen LogP) is 2.67. The molecule has 1 rings (SSSR count). The molecule has 1 nitrogen and oxygen atoms in total. The van der Waals surface area contributed by atoms with Gasteiger partial charge in [-0.05, 0) is 37.1 Å². The average molecular weight is 170 g/mol. The SMILES string of the molecule is Cc1cc(Cl)cc([C@H](C)N)c1. The van der Waals surface area contributed by atoms with Gasteiger partial charge in [0.05, 0.1) is 0 Å². The van der Waals surface area contributed by atoms with E-state index in [4.69, 9.17) is 17.3 Å². The highest BCUT2D eigenvalue weighted by Gasteiger charge is 2.00. The van der Waals surface area contributed by atoms with Gasteiger partial charge in [0.25, 0.3) is 0 Å². The lowest BCUT2D eigenvalue weighted by Crippen LogP contribution is -2.04. The molecule has 0 spiro atoms. The highest BCUT2D eigenvalue weighted by Crippen LogP contribution is 2.18. The lowest BCUT2D eigenvalue weighted by Gasteiger charge is -2.06. The molecule has 0 bridgehead atoms. The van der Waals surface area contributed by atoms with Gasteiger partial charge < -0.3 is 5.73 Å². The molecule has 1 aromatic carbocycles. The van der Waals surface area contributed by atoms with Gasteiger partial charge in [0.1, 0.15) is 0 Å². The Morgan fingerprint density at radius 3 is 2.45 bits per heavy atom. The Balaban J connectivity index is 3.08. The van der Waals surface area contributed by atoms with Crippen molar-refractivity contribution in [3.63, 3.8) is 0 Å². The van der Waals surface area contributed by atoms with Crippen molar-refractivity contribution in [3.05, 3.63) is 34.3 Å². The fraction of sp³-hybridized carbons (Fsp3) is 0.333. The molecular formula is C9H12ClN. The van der Waals surface area contributed by atoms with Gasteiger partial charge >= 0.3 is 0 Å². The molecule has 0 aliphatic heterocycles. The first-order chi connectivity index (χ1) is 5.09. The monoisotopic (exact) mass is 169 g/mol. The summed E-state index contributed by atoms with van der Waals surface area (Å²) in [4.78, 5) is 0. The van der Waals surface area contributed by atoms with Crippen LogP contribution in [0.3, 0.4) is 0 Å². The molecule has 0 heterocycles. The Morgan fingerprint density at radius 1 is 1.36 bits per heavy atom. The molecule has 0 saturated heterocycles. The van der Waals surface area contributed by atoms with Crippen molar-refractivity contribution >= 4 is 11.6 Å². The zero-order valence-electron chi connectivity index (χ0n) is 6.76. The zero-order valence-corrected chi connectivity index (χ0v) is 7.52. The van der Waals surface area contributed by atoms with Crippen LogP contribution in [-0.4, -0.2) is 0 Å². The van der Waals surface area contributed by atoms with Crippen molar-refractivity contribution in [3.8, 4) is 0 Å². The minimum Gasteiger partial charge on any atom is -0.324 e. The molecule has 1 atom stereocenters. The summed E-state index contributed by atoms with van der Waals surface area (Å²) in [6.07, 6.45) is 0. The molecule has 0 fully saturated rings. The van der Waals surface area contributed by atoms with E-state index in [2.05, 4.69) is 6.07 Å².